The summed E-state index contributed by atoms with van der Waals surface area (Å²) in [5.74, 6) is -3.22. The van der Waals surface area contributed by atoms with Gasteiger partial charge in [0.1, 0.15) is 17.7 Å². The second kappa shape index (κ2) is 15.5. The van der Waals surface area contributed by atoms with Gasteiger partial charge in [-0.25, -0.2) is 0 Å². The highest BCUT2D eigenvalue weighted by Crippen LogP contribution is 2.60. The third-order valence-electron chi connectivity index (χ3n) is 9.53. The van der Waals surface area contributed by atoms with Gasteiger partial charge in [-0.05, 0) is 65.4 Å². The summed E-state index contributed by atoms with van der Waals surface area (Å²) in [4.78, 5) is 59.0. The molecule has 0 radical (unpaired) electrons. The summed E-state index contributed by atoms with van der Waals surface area (Å²) in [7, 11) is 0. The number of esters is 1. The monoisotopic (exact) mass is 715 g/mol. The van der Waals surface area contributed by atoms with E-state index in [-0.39, 0.29) is 42.1 Å². The minimum atomic E-state index is -1.23. The SMILES string of the molecule is C=CCCC(=O)N[C@H](C)[C@@H](OC(=O)[C@H]1[C@@H]2O[C@@]3(CC2Br)[C@@H]1C(=O)N(CCCCCO)[C@@H]3C(=O)N(CC=C)C(C)(C)C)c1ccccc1. The molecule has 11 heteroatoms. The Kier molecular flexibility index (Phi) is 12.1. The van der Waals surface area contributed by atoms with E-state index in [2.05, 4.69) is 34.4 Å². The maximum absolute atomic E-state index is 14.6. The Morgan fingerprint density at radius 3 is 2.51 bits per heavy atom. The Balaban J connectivity index is 1.69. The number of nitrogens with zero attached hydrogens (tertiary/aromatic N) is 2. The summed E-state index contributed by atoms with van der Waals surface area (Å²) in [5, 5.41) is 12.3. The Morgan fingerprint density at radius 2 is 1.89 bits per heavy atom. The first kappa shape index (κ1) is 36.8. The molecule has 1 spiro atoms. The van der Waals surface area contributed by atoms with Crippen molar-refractivity contribution in [3.05, 3.63) is 61.2 Å². The average molecular weight is 717 g/mol. The van der Waals surface area contributed by atoms with Crippen molar-refractivity contribution < 1.29 is 33.8 Å². The van der Waals surface area contributed by atoms with Crippen molar-refractivity contribution in [2.75, 3.05) is 19.7 Å². The number of ether oxygens (including phenoxy) is 2. The number of alkyl halides is 1. The van der Waals surface area contributed by atoms with E-state index >= 15 is 0 Å². The van der Waals surface area contributed by atoms with Crippen LogP contribution in [-0.2, 0) is 28.7 Å². The van der Waals surface area contributed by atoms with Crippen LogP contribution >= 0.6 is 15.9 Å². The number of fused-ring (bicyclic) bond motifs is 1. The van der Waals surface area contributed by atoms with Gasteiger partial charge in [0, 0.05) is 36.5 Å². The molecule has 2 N–H and O–H groups in total. The van der Waals surface area contributed by atoms with Crippen LogP contribution in [0, 0.1) is 11.8 Å². The molecule has 3 amide bonds. The molecule has 3 fully saturated rings. The number of hydrogen-bond donors (Lipinski definition) is 2. The van der Waals surface area contributed by atoms with Crippen LogP contribution in [0.1, 0.15) is 77.9 Å². The van der Waals surface area contributed by atoms with Gasteiger partial charge in [-0.1, -0.05) is 58.4 Å². The number of amides is 3. The number of carbonyl (C=O) groups excluding carboxylic acids is 4. The number of aliphatic hydroxyl groups excluding tert-OH is 1. The molecule has 47 heavy (non-hydrogen) atoms. The number of likely N-dealkylation sites (tertiary alicyclic amines) is 1. The highest BCUT2D eigenvalue weighted by molar-refractivity contribution is 9.09. The standard InChI is InChI=1S/C36H50BrN3O7/c1-7-9-18-26(42)38-23(3)29(24-16-12-10-13-17-24)46-34(45)27-28-32(43)39(20-14-11-15-21-41)31(36(28)22-25(37)30(27)47-36)33(44)40(19-8-2)35(4,5)6/h7-8,10,12-13,16-17,23,25,27-31,41H,1-2,9,11,14-15,18-22H2,3-6H3,(H,38,42)/t23-,25?,27-,28+,29-,30-,31-,36+/m1/s1. The Labute approximate surface area is 287 Å². The van der Waals surface area contributed by atoms with Crippen LogP contribution < -0.4 is 5.32 Å². The molecule has 2 bridgehead atoms. The number of benzene rings is 1. The number of hydrogen-bond acceptors (Lipinski definition) is 7. The summed E-state index contributed by atoms with van der Waals surface area (Å²) >= 11 is 3.73. The number of rotatable bonds is 16. The van der Waals surface area contributed by atoms with E-state index in [1.54, 1.807) is 28.9 Å². The lowest BCUT2D eigenvalue weighted by molar-refractivity contribution is -0.162. The number of allylic oxidation sites excluding steroid dienone is 1. The van der Waals surface area contributed by atoms with Crippen LogP contribution in [0.2, 0.25) is 0 Å². The smallest absolute Gasteiger partial charge is 0.313 e. The molecular formula is C36H50BrN3O7. The molecule has 3 aliphatic rings. The highest BCUT2D eigenvalue weighted by atomic mass is 79.9. The van der Waals surface area contributed by atoms with Gasteiger partial charge in [0.15, 0.2) is 0 Å². The van der Waals surface area contributed by atoms with E-state index in [0.29, 0.717) is 44.2 Å². The van der Waals surface area contributed by atoms with Gasteiger partial charge in [-0.15, -0.1) is 13.2 Å². The average Bonchev–Trinajstić information content (AvgIpc) is 3.62. The van der Waals surface area contributed by atoms with Crippen LogP contribution in [-0.4, -0.2) is 92.4 Å². The van der Waals surface area contributed by atoms with Gasteiger partial charge < -0.3 is 29.7 Å². The molecule has 0 aliphatic carbocycles. The second-order valence-electron chi connectivity index (χ2n) is 13.8. The largest absolute Gasteiger partial charge is 0.455 e. The summed E-state index contributed by atoms with van der Waals surface area (Å²) in [6.45, 7) is 15.8. The Bertz CT molecular complexity index is 1320. The number of unbranched alkanes of at least 4 members (excludes halogenated alkanes) is 2. The van der Waals surface area contributed by atoms with Crippen LogP contribution in [0.4, 0.5) is 0 Å². The lowest BCUT2D eigenvalue weighted by Crippen LogP contribution is -2.60. The van der Waals surface area contributed by atoms with E-state index in [1.165, 1.54) is 0 Å². The number of carbonyl (C=O) groups is 4. The molecule has 3 heterocycles. The van der Waals surface area contributed by atoms with Gasteiger partial charge in [0.25, 0.3) is 0 Å². The first-order valence-corrected chi connectivity index (χ1v) is 17.5. The molecule has 3 aliphatic heterocycles. The molecular weight excluding hydrogens is 666 g/mol. The van der Waals surface area contributed by atoms with Gasteiger partial charge >= 0.3 is 5.97 Å². The summed E-state index contributed by atoms with van der Waals surface area (Å²) in [6, 6.07) is 7.69. The maximum atomic E-state index is 14.6. The van der Waals surface area contributed by atoms with Crippen molar-refractivity contribution in [1.29, 1.82) is 0 Å². The summed E-state index contributed by atoms with van der Waals surface area (Å²) in [6.07, 6.45) is 4.84. The number of nitrogens with one attached hydrogen (secondary N) is 1. The minimum Gasteiger partial charge on any atom is -0.455 e. The van der Waals surface area contributed by atoms with E-state index in [9.17, 15) is 24.3 Å². The molecule has 8 atom stereocenters. The third kappa shape index (κ3) is 7.52. The normalized spacial score (nSPS) is 27.6. The summed E-state index contributed by atoms with van der Waals surface area (Å²) < 4.78 is 12.9. The van der Waals surface area contributed by atoms with Crippen molar-refractivity contribution in [1.82, 2.24) is 15.1 Å². The molecule has 10 nitrogen and oxygen atoms in total. The minimum absolute atomic E-state index is 0.0414. The van der Waals surface area contributed by atoms with Crippen LogP contribution in [0.15, 0.2) is 55.6 Å². The van der Waals surface area contributed by atoms with Crippen LogP contribution in [0.3, 0.4) is 0 Å². The quantitative estimate of drug-likeness (QED) is 0.112. The number of aliphatic hydroxyl groups is 1. The predicted octanol–water partition coefficient (Wildman–Crippen LogP) is 4.47. The molecule has 0 aromatic heterocycles. The predicted molar refractivity (Wildman–Crippen MR) is 182 cm³/mol. The van der Waals surface area contributed by atoms with Gasteiger partial charge in [0.05, 0.1) is 24.0 Å². The Hall–Kier alpha value is -3.02. The van der Waals surface area contributed by atoms with Gasteiger partial charge in [-0.2, -0.15) is 0 Å². The van der Waals surface area contributed by atoms with E-state index in [0.717, 1.165) is 0 Å². The van der Waals surface area contributed by atoms with Crippen molar-refractivity contribution in [2.45, 2.75) is 106 Å². The van der Waals surface area contributed by atoms with E-state index in [4.69, 9.17) is 9.47 Å². The summed E-state index contributed by atoms with van der Waals surface area (Å²) in [5.41, 5.74) is -1.10. The first-order chi connectivity index (χ1) is 22.3. The highest BCUT2D eigenvalue weighted by Gasteiger charge is 2.77. The lowest BCUT2D eigenvalue weighted by Gasteiger charge is -2.42. The van der Waals surface area contributed by atoms with Gasteiger partial charge in [0.2, 0.25) is 17.7 Å². The lowest BCUT2D eigenvalue weighted by atomic mass is 9.70. The number of halogens is 1. The Morgan fingerprint density at radius 1 is 1.19 bits per heavy atom. The van der Waals surface area contributed by atoms with E-state index in [1.807, 2.05) is 51.1 Å². The van der Waals surface area contributed by atoms with Crippen molar-refractivity contribution in [2.24, 2.45) is 11.8 Å². The molecule has 3 saturated heterocycles. The van der Waals surface area contributed by atoms with Crippen molar-refractivity contribution >= 4 is 39.6 Å². The molecule has 0 saturated carbocycles. The zero-order valence-electron chi connectivity index (χ0n) is 28.0. The van der Waals surface area contributed by atoms with Crippen molar-refractivity contribution in [3.8, 4) is 0 Å². The zero-order chi connectivity index (χ0) is 34.5. The topological polar surface area (TPSA) is 125 Å². The third-order valence-corrected chi connectivity index (χ3v) is 10.4. The van der Waals surface area contributed by atoms with Crippen LogP contribution in [0.25, 0.3) is 0 Å². The molecule has 1 aromatic carbocycles. The molecule has 1 unspecified atom stereocenters. The first-order valence-electron chi connectivity index (χ1n) is 16.6. The van der Waals surface area contributed by atoms with E-state index < -0.39 is 53.2 Å². The molecule has 258 valence electrons. The van der Waals surface area contributed by atoms with Gasteiger partial charge in [-0.3, -0.25) is 19.2 Å². The fourth-order valence-electron chi connectivity index (χ4n) is 7.40. The van der Waals surface area contributed by atoms with Crippen LogP contribution in [0.5, 0.6) is 0 Å². The molecule has 1 aromatic rings. The van der Waals surface area contributed by atoms with Crippen molar-refractivity contribution in [3.63, 3.8) is 0 Å². The molecule has 4 rings (SSSR count). The maximum Gasteiger partial charge on any atom is 0.313 e. The fraction of sp³-hybridized carbons (Fsp3) is 0.611. The fourth-order valence-corrected chi connectivity index (χ4v) is 8.34. The zero-order valence-corrected chi connectivity index (χ0v) is 29.6. The second-order valence-corrected chi connectivity index (χ2v) is 15.0.